The van der Waals surface area contributed by atoms with E-state index >= 15 is 0 Å². The monoisotopic (exact) mass is 484 g/mol. The third-order valence-corrected chi connectivity index (χ3v) is 5.52. The van der Waals surface area contributed by atoms with Gasteiger partial charge >= 0.3 is 12.3 Å². The van der Waals surface area contributed by atoms with Crippen molar-refractivity contribution < 1.29 is 27.5 Å². The summed E-state index contributed by atoms with van der Waals surface area (Å²) < 4.78 is 44.1. The van der Waals surface area contributed by atoms with Crippen LogP contribution in [0.1, 0.15) is 38.8 Å². The Balaban J connectivity index is 1.58. The first kappa shape index (κ1) is 23.5. The number of alkyl carbamates (subject to hydrolysis) is 1. The van der Waals surface area contributed by atoms with Gasteiger partial charge in [-0.1, -0.05) is 41.9 Å². The molecule has 3 aromatic rings. The summed E-state index contributed by atoms with van der Waals surface area (Å²) in [5, 5.41) is 4.64. The third-order valence-electron chi connectivity index (χ3n) is 4.06. The second-order valence-corrected chi connectivity index (χ2v) is 7.92. The number of benzene rings is 1. The van der Waals surface area contributed by atoms with E-state index in [4.69, 9.17) is 16.3 Å². The van der Waals surface area contributed by atoms with E-state index in [1.165, 1.54) is 6.20 Å². The molecule has 0 saturated carbocycles. The Morgan fingerprint density at radius 2 is 1.91 bits per heavy atom. The number of nitrogens with zero attached hydrogens (tertiary/aromatic N) is 2. The van der Waals surface area contributed by atoms with Gasteiger partial charge in [-0.3, -0.25) is 4.79 Å². The SMILES string of the molecule is C[C@@H](OC(=O)NCc1ccccc1)c1ncc(C(=O)Nc2cc(C(F)(F)F)c(Cl)cn2)s1. The molecule has 168 valence electrons. The van der Waals surface area contributed by atoms with Gasteiger partial charge in [0.15, 0.2) is 6.10 Å². The van der Waals surface area contributed by atoms with Crippen molar-refractivity contribution in [3.63, 3.8) is 0 Å². The van der Waals surface area contributed by atoms with Crippen molar-refractivity contribution in [2.24, 2.45) is 0 Å². The van der Waals surface area contributed by atoms with E-state index in [0.717, 1.165) is 23.1 Å². The number of halogens is 4. The number of aromatic nitrogens is 2. The predicted octanol–water partition coefficient (Wildman–Crippen LogP) is 5.45. The van der Waals surface area contributed by atoms with Gasteiger partial charge in [0.1, 0.15) is 15.7 Å². The highest BCUT2D eigenvalue weighted by molar-refractivity contribution is 7.13. The summed E-state index contributed by atoms with van der Waals surface area (Å²) in [5.41, 5.74) is -0.215. The molecule has 0 fully saturated rings. The highest BCUT2D eigenvalue weighted by Gasteiger charge is 2.34. The lowest BCUT2D eigenvalue weighted by Gasteiger charge is -2.11. The molecular weight excluding hydrogens is 469 g/mol. The number of alkyl halides is 3. The Labute approximate surface area is 189 Å². The second-order valence-electron chi connectivity index (χ2n) is 6.45. The number of pyridine rings is 1. The van der Waals surface area contributed by atoms with E-state index < -0.39 is 34.9 Å². The number of rotatable bonds is 6. The molecule has 12 heteroatoms. The van der Waals surface area contributed by atoms with Crippen molar-refractivity contribution in [3.05, 3.63) is 74.8 Å². The van der Waals surface area contributed by atoms with Crippen molar-refractivity contribution in [2.75, 3.05) is 5.32 Å². The first-order valence-corrected chi connectivity index (χ1v) is 10.3. The average molecular weight is 485 g/mol. The Morgan fingerprint density at radius 3 is 2.59 bits per heavy atom. The van der Waals surface area contributed by atoms with Crippen LogP contribution in [0.4, 0.5) is 23.8 Å². The summed E-state index contributed by atoms with van der Waals surface area (Å²) in [6, 6.07) is 9.89. The van der Waals surface area contributed by atoms with Crippen LogP contribution in [0.2, 0.25) is 5.02 Å². The first-order valence-electron chi connectivity index (χ1n) is 9.11. The number of thiazole rings is 1. The van der Waals surface area contributed by atoms with E-state index in [9.17, 15) is 22.8 Å². The summed E-state index contributed by atoms with van der Waals surface area (Å²) in [4.78, 5) is 32.2. The van der Waals surface area contributed by atoms with Crippen LogP contribution in [0.25, 0.3) is 0 Å². The lowest BCUT2D eigenvalue weighted by molar-refractivity contribution is -0.137. The quantitative estimate of drug-likeness (QED) is 0.485. The fraction of sp³-hybridized carbons (Fsp3) is 0.200. The summed E-state index contributed by atoms with van der Waals surface area (Å²) in [7, 11) is 0. The van der Waals surface area contributed by atoms with Gasteiger partial charge in [-0.15, -0.1) is 11.3 Å². The molecule has 3 rings (SSSR count). The fourth-order valence-electron chi connectivity index (χ4n) is 2.51. The molecule has 1 atom stereocenters. The summed E-state index contributed by atoms with van der Waals surface area (Å²) in [5.74, 6) is -1.02. The van der Waals surface area contributed by atoms with Crippen LogP contribution in [-0.2, 0) is 17.5 Å². The second kappa shape index (κ2) is 9.96. The number of amides is 2. The zero-order chi connectivity index (χ0) is 23.3. The maximum atomic E-state index is 13.0. The molecule has 0 spiro atoms. The predicted molar refractivity (Wildman–Crippen MR) is 112 cm³/mol. The first-order chi connectivity index (χ1) is 15.1. The highest BCUT2D eigenvalue weighted by atomic mass is 35.5. The van der Waals surface area contributed by atoms with Crippen molar-refractivity contribution in [2.45, 2.75) is 25.7 Å². The van der Waals surface area contributed by atoms with Gasteiger partial charge in [-0.2, -0.15) is 13.2 Å². The van der Waals surface area contributed by atoms with E-state index in [-0.39, 0.29) is 17.2 Å². The fourth-order valence-corrected chi connectivity index (χ4v) is 3.51. The van der Waals surface area contributed by atoms with E-state index in [1.807, 2.05) is 30.3 Å². The largest absolute Gasteiger partial charge is 0.439 e. The molecule has 2 N–H and O–H groups in total. The molecule has 0 unspecified atom stereocenters. The molecular formula is C20H16ClF3N4O3S. The van der Waals surface area contributed by atoms with Crippen LogP contribution < -0.4 is 10.6 Å². The number of anilines is 1. The smallest absolute Gasteiger partial charge is 0.418 e. The summed E-state index contributed by atoms with van der Waals surface area (Å²) in [6.45, 7) is 1.87. The Morgan fingerprint density at radius 1 is 1.19 bits per heavy atom. The van der Waals surface area contributed by atoms with E-state index in [2.05, 4.69) is 20.6 Å². The summed E-state index contributed by atoms with van der Waals surface area (Å²) >= 11 is 6.46. The van der Waals surface area contributed by atoms with Crippen LogP contribution in [0.3, 0.4) is 0 Å². The van der Waals surface area contributed by atoms with E-state index in [1.54, 1.807) is 6.92 Å². The molecule has 0 bridgehead atoms. The zero-order valence-corrected chi connectivity index (χ0v) is 18.0. The van der Waals surface area contributed by atoms with Crippen LogP contribution in [0, 0.1) is 0 Å². The molecule has 0 aliphatic heterocycles. The molecule has 32 heavy (non-hydrogen) atoms. The molecule has 0 saturated heterocycles. The Bertz CT molecular complexity index is 1110. The van der Waals surface area contributed by atoms with Crippen molar-refractivity contribution in [3.8, 4) is 0 Å². The van der Waals surface area contributed by atoms with Gasteiger partial charge in [0.05, 0.1) is 16.8 Å². The van der Waals surface area contributed by atoms with Crippen LogP contribution in [-0.4, -0.2) is 22.0 Å². The average Bonchev–Trinajstić information content (AvgIpc) is 3.24. The number of carbonyl (C=O) groups excluding carboxylic acids is 2. The maximum absolute atomic E-state index is 13.0. The van der Waals surface area contributed by atoms with Crippen LogP contribution in [0.5, 0.6) is 0 Å². The molecule has 1 aromatic carbocycles. The minimum absolute atomic E-state index is 0.102. The van der Waals surface area contributed by atoms with E-state index in [0.29, 0.717) is 11.1 Å². The molecule has 7 nitrogen and oxygen atoms in total. The lowest BCUT2D eigenvalue weighted by Crippen LogP contribution is -2.24. The number of ether oxygens (including phenoxy) is 1. The molecule has 0 aliphatic rings. The maximum Gasteiger partial charge on any atom is 0.418 e. The summed E-state index contributed by atoms with van der Waals surface area (Å²) in [6.07, 6.45) is -4.06. The standard InChI is InChI=1S/C20H16ClF3N4O3S/c1-11(31-19(30)27-8-12-5-3-2-4-6-12)18-26-10-15(32-18)17(29)28-16-7-13(20(22,23)24)14(21)9-25-16/h2-7,9-11H,8H2,1H3,(H,27,30)(H,25,28,29)/t11-/m1/s1. The minimum Gasteiger partial charge on any atom is -0.439 e. The Hall–Kier alpha value is -3.18. The lowest BCUT2D eigenvalue weighted by atomic mass is 10.2. The van der Waals surface area contributed by atoms with Crippen LogP contribution in [0.15, 0.2) is 48.8 Å². The van der Waals surface area contributed by atoms with Gasteiger partial charge in [0.25, 0.3) is 5.91 Å². The van der Waals surface area contributed by atoms with Crippen LogP contribution >= 0.6 is 22.9 Å². The molecule has 0 radical (unpaired) electrons. The number of nitrogens with one attached hydrogen (secondary N) is 2. The van der Waals surface area contributed by atoms with Gasteiger partial charge in [0, 0.05) is 12.7 Å². The zero-order valence-electron chi connectivity index (χ0n) is 16.4. The number of hydrogen-bond acceptors (Lipinski definition) is 6. The minimum atomic E-state index is -4.69. The molecule has 2 heterocycles. The third kappa shape index (κ3) is 6.17. The van der Waals surface area contributed by atoms with Crippen molar-refractivity contribution in [1.82, 2.24) is 15.3 Å². The highest BCUT2D eigenvalue weighted by Crippen LogP contribution is 2.35. The molecule has 0 aliphatic carbocycles. The molecule has 2 amide bonds. The van der Waals surface area contributed by atoms with Gasteiger partial charge < -0.3 is 15.4 Å². The topological polar surface area (TPSA) is 93.2 Å². The molecule has 2 aromatic heterocycles. The van der Waals surface area contributed by atoms with Crippen molar-refractivity contribution >= 4 is 40.8 Å². The number of carbonyl (C=O) groups is 2. The van der Waals surface area contributed by atoms with Crippen molar-refractivity contribution in [1.29, 1.82) is 0 Å². The van der Waals surface area contributed by atoms with Gasteiger partial charge in [0.2, 0.25) is 0 Å². The number of hydrogen-bond donors (Lipinski definition) is 2. The van der Waals surface area contributed by atoms with Gasteiger partial charge in [-0.05, 0) is 18.6 Å². The Kier molecular flexibility index (Phi) is 7.31. The normalized spacial score (nSPS) is 12.2. The van der Waals surface area contributed by atoms with Gasteiger partial charge in [-0.25, -0.2) is 14.8 Å².